The molecule has 0 radical (unpaired) electrons. The Hall–Kier alpha value is -0.820. The van der Waals surface area contributed by atoms with Gasteiger partial charge in [0.15, 0.2) is 0 Å². The minimum absolute atomic E-state index is 0.0698. The minimum Gasteiger partial charge on any atom is -0.495 e. The molecule has 0 amide bonds. The van der Waals surface area contributed by atoms with Crippen molar-refractivity contribution in [2.75, 3.05) is 26.7 Å². The number of sulfonamides is 1. The van der Waals surface area contributed by atoms with E-state index >= 15 is 0 Å². The Bertz CT molecular complexity index is 562. The van der Waals surface area contributed by atoms with E-state index in [-0.39, 0.29) is 10.9 Å². The van der Waals surface area contributed by atoms with Gasteiger partial charge in [0.2, 0.25) is 10.0 Å². The van der Waals surface area contributed by atoms with Crippen LogP contribution in [0.25, 0.3) is 0 Å². The maximum Gasteiger partial charge on any atom is 0.243 e. The van der Waals surface area contributed by atoms with Gasteiger partial charge < -0.3 is 10.1 Å². The van der Waals surface area contributed by atoms with Crippen LogP contribution in [-0.4, -0.2) is 45.5 Å². The highest BCUT2D eigenvalue weighted by atomic mass is 35.5. The van der Waals surface area contributed by atoms with Gasteiger partial charge in [-0.25, -0.2) is 8.42 Å². The van der Waals surface area contributed by atoms with Crippen LogP contribution in [0.4, 0.5) is 0 Å². The predicted molar refractivity (Wildman–Crippen MR) is 74.2 cm³/mol. The van der Waals surface area contributed by atoms with Crippen molar-refractivity contribution in [3.8, 4) is 5.75 Å². The van der Waals surface area contributed by atoms with Crippen molar-refractivity contribution in [3.63, 3.8) is 0 Å². The van der Waals surface area contributed by atoms with E-state index in [0.29, 0.717) is 30.4 Å². The average molecular weight is 305 g/mol. The molecular formula is C12H17ClN2O3S. The summed E-state index contributed by atoms with van der Waals surface area (Å²) in [5, 5.41) is 3.46. The zero-order chi connectivity index (χ0) is 14.0. The van der Waals surface area contributed by atoms with E-state index in [4.69, 9.17) is 16.3 Å². The van der Waals surface area contributed by atoms with Gasteiger partial charge >= 0.3 is 0 Å². The fraction of sp³-hybridized carbons (Fsp3) is 0.500. The Labute approximate surface area is 118 Å². The lowest BCUT2D eigenvalue weighted by Gasteiger charge is -2.32. The molecule has 0 aromatic heterocycles. The molecule has 1 aliphatic rings. The number of ether oxygens (including phenoxy) is 1. The van der Waals surface area contributed by atoms with Gasteiger partial charge in [-0.2, -0.15) is 4.31 Å². The van der Waals surface area contributed by atoms with Crippen molar-refractivity contribution in [1.82, 2.24) is 9.62 Å². The third kappa shape index (κ3) is 2.86. The molecule has 0 aliphatic carbocycles. The third-order valence-electron chi connectivity index (χ3n) is 3.17. The second-order valence-electron chi connectivity index (χ2n) is 4.47. The molecule has 19 heavy (non-hydrogen) atoms. The first-order valence-electron chi connectivity index (χ1n) is 6.03. The van der Waals surface area contributed by atoms with Crippen LogP contribution < -0.4 is 10.1 Å². The van der Waals surface area contributed by atoms with Crippen LogP contribution >= 0.6 is 11.6 Å². The largest absolute Gasteiger partial charge is 0.495 e. The van der Waals surface area contributed by atoms with E-state index in [1.807, 2.05) is 6.92 Å². The van der Waals surface area contributed by atoms with Crippen molar-refractivity contribution < 1.29 is 13.2 Å². The highest BCUT2D eigenvalue weighted by Crippen LogP contribution is 2.29. The number of methoxy groups -OCH3 is 1. The Morgan fingerprint density at radius 2 is 2.21 bits per heavy atom. The molecule has 1 heterocycles. The Kier molecular flexibility index (Phi) is 4.35. The molecule has 1 fully saturated rings. The van der Waals surface area contributed by atoms with Gasteiger partial charge in [0.1, 0.15) is 5.75 Å². The van der Waals surface area contributed by atoms with Gasteiger partial charge in [-0.15, -0.1) is 0 Å². The van der Waals surface area contributed by atoms with Gasteiger partial charge in [-0.05, 0) is 25.1 Å². The van der Waals surface area contributed by atoms with Crippen molar-refractivity contribution in [2.45, 2.75) is 17.9 Å². The SMILES string of the molecule is COc1ccc(S(=O)(=O)N2CCNC[C@@H]2C)cc1Cl. The second-order valence-corrected chi connectivity index (χ2v) is 6.76. The molecule has 5 nitrogen and oxygen atoms in total. The molecule has 2 rings (SSSR count). The van der Waals surface area contributed by atoms with E-state index in [9.17, 15) is 8.42 Å². The standard InChI is InChI=1S/C12H17ClN2O3S/c1-9-8-14-5-6-15(9)19(16,17)10-3-4-12(18-2)11(13)7-10/h3-4,7,9,14H,5-6,8H2,1-2H3/t9-/m0/s1. The first-order valence-corrected chi connectivity index (χ1v) is 7.84. The highest BCUT2D eigenvalue weighted by molar-refractivity contribution is 7.89. The van der Waals surface area contributed by atoms with Crippen molar-refractivity contribution in [2.24, 2.45) is 0 Å². The molecule has 1 atom stereocenters. The molecule has 1 aromatic carbocycles. The van der Waals surface area contributed by atoms with Crippen LogP contribution in [0.5, 0.6) is 5.75 Å². The first-order chi connectivity index (χ1) is 8.96. The molecule has 1 saturated heterocycles. The second kappa shape index (κ2) is 5.66. The molecule has 0 unspecified atom stereocenters. The summed E-state index contributed by atoms with van der Waals surface area (Å²) >= 11 is 5.99. The summed E-state index contributed by atoms with van der Waals surface area (Å²) < 4.78 is 31.6. The van der Waals surface area contributed by atoms with E-state index < -0.39 is 10.0 Å². The number of benzene rings is 1. The van der Waals surface area contributed by atoms with E-state index in [1.54, 1.807) is 6.07 Å². The van der Waals surface area contributed by atoms with Crippen LogP contribution in [0.1, 0.15) is 6.92 Å². The minimum atomic E-state index is -3.51. The van der Waals surface area contributed by atoms with Gasteiger partial charge in [0, 0.05) is 25.7 Å². The highest BCUT2D eigenvalue weighted by Gasteiger charge is 2.31. The monoisotopic (exact) mass is 304 g/mol. The summed E-state index contributed by atoms with van der Waals surface area (Å²) in [4.78, 5) is 0.201. The Morgan fingerprint density at radius 3 is 2.79 bits per heavy atom. The van der Waals surface area contributed by atoms with Crippen molar-refractivity contribution >= 4 is 21.6 Å². The molecule has 1 aliphatic heterocycles. The Balaban J connectivity index is 2.36. The van der Waals surface area contributed by atoms with E-state index in [1.165, 1.54) is 23.5 Å². The summed E-state index contributed by atoms with van der Waals surface area (Å²) in [7, 11) is -2.01. The number of piperazine rings is 1. The van der Waals surface area contributed by atoms with Crippen LogP contribution in [0.15, 0.2) is 23.1 Å². The number of hydrogen-bond acceptors (Lipinski definition) is 4. The van der Waals surface area contributed by atoms with Crippen LogP contribution in [0.3, 0.4) is 0 Å². The van der Waals surface area contributed by atoms with E-state index in [0.717, 1.165) is 0 Å². The number of halogens is 1. The van der Waals surface area contributed by atoms with Gasteiger partial charge in [-0.1, -0.05) is 11.6 Å². The lowest BCUT2D eigenvalue weighted by molar-refractivity contribution is 0.284. The maximum absolute atomic E-state index is 12.5. The average Bonchev–Trinajstić information content (AvgIpc) is 2.39. The van der Waals surface area contributed by atoms with Gasteiger partial charge in [-0.3, -0.25) is 0 Å². The fourth-order valence-corrected chi connectivity index (χ4v) is 4.10. The smallest absolute Gasteiger partial charge is 0.243 e. The van der Waals surface area contributed by atoms with Crippen molar-refractivity contribution in [3.05, 3.63) is 23.2 Å². The molecule has 1 N–H and O–H groups in total. The van der Waals surface area contributed by atoms with Crippen LogP contribution in [0, 0.1) is 0 Å². The predicted octanol–water partition coefficient (Wildman–Crippen LogP) is 1.33. The summed E-state index contributed by atoms with van der Waals surface area (Å²) in [6.07, 6.45) is 0. The number of nitrogens with one attached hydrogen (secondary N) is 1. The normalized spacial score (nSPS) is 21.3. The number of rotatable bonds is 3. The summed E-state index contributed by atoms with van der Waals surface area (Å²) in [5.41, 5.74) is 0. The summed E-state index contributed by atoms with van der Waals surface area (Å²) in [6, 6.07) is 4.46. The molecule has 0 bridgehead atoms. The Morgan fingerprint density at radius 1 is 1.47 bits per heavy atom. The molecule has 1 aromatic rings. The molecular weight excluding hydrogens is 288 g/mol. The maximum atomic E-state index is 12.5. The first kappa shape index (κ1) is 14.6. The van der Waals surface area contributed by atoms with Crippen molar-refractivity contribution in [1.29, 1.82) is 0 Å². The molecule has 0 saturated carbocycles. The summed E-state index contributed by atoms with van der Waals surface area (Å²) in [5.74, 6) is 0.467. The zero-order valence-corrected chi connectivity index (χ0v) is 12.5. The quantitative estimate of drug-likeness (QED) is 0.915. The van der Waals surface area contributed by atoms with Crippen LogP contribution in [0.2, 0.25) is 5.02 Å². The molecule has 0 spiro atoms. The third-order valence-corrected chi connectivity index (χ3v) is 5.48. The topological polar surface area (TPSA) is 58.6 Å². The molecule has 7 heteroatoms. The lowest BCUT2D eigenvalue weighted by atomic mass is 10.3. The number of hydrogen-bond donors (Lipinski definition) is 1. The summed E-state index contributed by atoms with van der Waals surface area (Å²) in [6.45, 7) is 3.67. The van der Waals surface area contributed by atoms with Crippen LogP contribution in [-0.2, 0) is 10.0 Å². The van der Waals surface area contributed by atoms with Gasteiger partial charge in [0.25, 0.3) is 0 Å². The van der Waals surface area contributed by atoms with Gasteiger partial charge in [0.05, 0.1) is 17.0 Å². The number of nitrogens with zero attached hydrogens (tertiary/aromatic N) is 1. The fourth-order valence-electron chi connectivity index (χ4n) is 2.12. The lowest BCUT2D eigenvalue weighted by Crippen LogP contribution is -2.52. The zero-order valence-electron chi connectivity index (χ0n) is 10.9. The molecule has 106 valence electrons. The van der Waals surface area contributed by atoms with E-state index in [2.05, 4.69) is 5.32 Å².